The third-order valence-corrected chi connectivity index (χ3v) is 8.60. The summed E-state index contributed by atoms with van der Waals surface area (Å²) in [5.41, 5.74) is 1.18. The van der Waals surface area contributed by atoms with E-state index in [0.29, 0.717) is 25.6 Å². The number of carbonyl (C=O) groups excluding carboxylic acids is 1. The van der Waals surface area contributed by atoms with Crippen molar-refractivity contribution in [3.05, 3.63) is 35.9 Å². The minimum atomic E-state index is 0.0136. The molecule has 2 heterocycles. The lowest BCUT2D eigenvalue weighted by atomic mass is 9.90. The lowest BCUT2D eigenvalue weighted by Crippen LogP contribution is -2.51. The average Bonchev–Trinajstić information content (AvgIpc) is 2.61. The monoisotopic (exact) mass is 366 g/mol. The second kappa shape index (κ2) is 8.75. The van der Waals surface area contributed by atoms with E-state index in [1.807, 2.05) is 18.2 Å². The van der Waals surface area contributed by atoms with Crippen LogP contribution < -0.4 is 0 Å². The van der Waals surface area contributed by atoms with E-state index < -0.39 is 0 Å². The third-order valence-electron chi connectivity index (χ3n) is 4.86. The Bertz CT molecular complexity index is 517. The van der Waals surface area contributed by atoms with Crippen molar-refractivity contribution in [1.82, 2.24) is 0 Å². The van der Waals surface area contributed by atoms with E-state index >= 15 is 0 Å². The molecule has 0 aliphatic carbocycles. The summed E-state index contributed by atoms with van der Waals surface area (Å²) in [5.74, 6) is 2.81. The predicted octanol–water partition coefficient (Wildman–Crippen LogP) is 4.15. The Kier molecular flexibility index (Phi) is 6.67. The molecule has 2 aliphatic heterocycles. The molecule has 1 aromatic carbocycles. The van der Waals surface area contributed by atoms with E-state index in [1.165, 1.54) is 23.5 Å². The van der Waals surface area contributed by atoms with Crippen molar-refractivity contribution in [1.29, 1.82) is 0 Å². The van der Waals surface area contributed by atoms with Gasteiger partial charge in [0.15, 0.2) is 0 Å². The van der Waals surface area contributed by atoms with E-state index in [2.05, 4.69) is 42.6 Å². The van der Waals surface area contributed by atoms with Crippen LogP contribution in [0, 0.1) is 5.92 Å². The molecule has 0 radical (unpaired) electrons. The highest BCUT2D eigenvalue weighted by molar-refractivity contribution is 8.18. The summed E-state index contributed by atoms with van der Waals surface area (Å²) >= 11 is 4.14. The summed E-state index contributed by atoms with van der Waals surface area (Å²) in [6, 6.07) is 10.2. The number of aldehydes is 1. The zero-order chi connectivity index (χ0) is 16.8. The summed E-state index contributed by atoms with van der Waals surface area (Å²) in [7, 11) is 0. The van der Waals surface area contributed by atoms with Gasteiger partial charge in [-0.05, 0) is 23.5 Å². The zero-order valence-corrected chi connectivity index (χ0v) is 15.8. The first-order valence-electron chi connectivity index (χ1n) is 8.72. The molecule has 0 N–H and O–H groups in total. The number of ether oxygens (including phenoxy) is 2. The highest BCUT2D eigenvalue weighted by atomic mass is 32.2. The van der Waals surface area contributed by atoms with Gasteiger partial charge in [0.05, 0.1) is 29.5 Å². The van der Waals surface area contributed by atoms with Gasteiger partial charge in [-0.2, -0.15) is 0 Å². The molecule has 132 valence electrons. The van der Waals surface area contributed by atoms with Crippen LogP contribution in [0.4, 0.5) is 0 Å². The second-order valence-corrected chi connectivity index (χ2v) is 9.66. The topological polar surface area (TPSA) is 35.5 Å². The van der Waals surface area contributed by atoms with Crippen LogP contribution in [-0.2, 0) is 20.9 Å². The van der Waals surface area contributed by atoms with Crippen LogP contribution in [0.5, 0.6) is 0 Å². The summed E-state index contributed by atoms with van der Waals surface area (Å²) in [4.78, 5) is 11.1. The Hall–Kier alpha value is -0.490. The average molecular weight is 367 g/mol. The van der Waals surface area contributed by atoms with Gasteiger partial charge in [0.25, 0.3) is 0 Å². The number of thioether (sulfide) groups is 2. The molecule has 2 saturated heterocycles. The maximum absolute atomic E-state index is 11.1. The van der Waals surface area contributed by atoms with Gasteiger partial charge in [-0.25, -0.2) is 0 Å². The van der Waals surface area contributed by atoms with Crippen molar-refractivity contribution in [2.24, 2.45) is 5.92 Å². The van der Waals surface area contributed by atoms with Gasteiger partial charge in [-0.15, -0.1) is 23.5 Å². The van der Waals surface area contributed by atoms with Crippen LogP contribution in [0.2, 0.25) is 0 Å². The van der Waals surface area contributed by atoms with E-state index in [9.17, 15) is 4.79 Å². The van der Waals surface area contributed by atoms with E-state index in [1.54, 1.807) is 0 Å². The van der Waals surface area contributed by atoms with Crippen LogP contribution in [0.3, 0.4) is 0 Å². The number of hydrogen-bond acceptors (Lipinski definition) is 5. The van der Waals surface area contributed by atoms with Crippen LogP contribution in [-0.4, -0.2) is 40.7 Å². The van der Waals surface area contributed by atoms with Crippen LogP contribution in [0.25, 0.3) is 0 Å². The first-order valence-corrected chi connectivity index (χ1v) is 10.7. The van der Waals surface area contributed by atoms with Gasteiger partial charge >= 0.3 is 0 Å². The fraction of sp³-hybridized carbons (Fsp3) is 0.632. The molecule has 3 atom stereocenters. The zero-order valence-electron chi connectivity index (χ0n) is 14.2. The minimum absolute atomic E-state index is 0.0136. The van der Waals surface area contributed by atoms with Gasteiger partial charge in [0.1, 0.15) is 6.29 Å². The maximum atomic E-state index is 11.1. The van der Waals surface area contributed by atoms with Crippen molar-refractivity contribution in [2.75, 3.05) is 18.1 Å². The summed E-state index contributed by atoms with van der Waals surface area (Å²) in [5, 5.41) is 0. The lowest BCUT2D eigenvalue weighted by Gasteiger charge is -2.50. The van der Waals surface area contributed by atoms with Crippen molar-refractivity contribution in [3.8, 4) is 0 Å². The molecule has 2 aliphatic rings. The van der Waals surface area contributed by atoms with Crippen molar-refractivity contribution >= 4 is 29.8 Å². The number of carbonyl (C=O) groups is 1. The Morgan fingerprint density at radius 2 is 2.04 bits per heavy atom. The van der Waals surface area contributed by atoms with E-state index in [4.69, 9.17) is 9.47 Å². The fourth-order valence-corrected chi connectivity index (χ4v) is 7.23. The normalized spacial score (nSPS) is 29.5. The molecular formula is C19H26O3S2. The molecule has 5 heteroatoms. The first-order chi connectivity index (χ1) is 11.7. The quantitative estimate of drug-likeness (QED) is 0.707. The molecule has 3 rings (SSSR count). The molecule has 0 unspecified atom stereocenters. The standard InChI is InChI=1S/C19H26O3S2/c1-15-18(8-9-20)22-17(12-19(15)23-10-5-11-24-19)14-21-13-16-6-3-2-4-7-16/h2-4,6-7,9,15,17-18H,5,8,10-14H2,1H3/t15-,17+,18+/m1/s1. The largest absolute Gasteiger partial charge is 0.374 e. The van der Waals surface area contributed by atoms with Crippen molar-refractivity contribution in [3.63, 3.8) is 0 Å². The van der Waals surface area contributed by atoms with Crippen LogP contribution >= 0.6 is 23.5 Å². The van der Waals surface area contributed by atoms with Crippen molar-refractivity contribution in [2.45, 2.75) is 49.1 Å². The summed E-state index contributed by atoms with van der Waals surface area (Å²) in [6.45, 7) is 3.46. The molecule has 0 amide bonds. The summed E-state index contributed by atoms with van der Waals surface area (Å²) < 4.78 is 12.3. The number of rotatable bonds is 6. The van der Waals surface area contributed by atoms with E-state index in [-0.39, 0.29) is 16.3 Å². The van der Waals surface area contributed by atoms with E-state index in [0.717, 1.165) is 12.7 Å². The van der Waals surface area contributed by atoms with Gasteiger partial charge in [0.2, 0.25) is 0 Å². The second-order valence-electron chi connectivity index (χ2n) is 6.55. The third kappa shape index (κ3) is 4.37. The molecule has 24 heavy (non-hydrogen) atoms. The SMILES string of the molecule is C[C@@H]1[C@H](CC=O)O[C@H](COCc2ccccc2)CC12SCCCS2. The summed E-state index contributed by atoms with van der Waals surface area (Å²) in [6.07, 6.45) is 3.86. The molecule has 0 aromatic heterocycles. The van der Waals surface area contributed by atoms with Crippen LogP contribution in [0.1, 0.15) is 31.7 Å². The van der Waals surface area contributed by atoms with Gasteiger partial charge < -0.3 is 14.3 Å². The predicted molar refractivity (Wildman–Crippen MR) is 101 cm³/mol. The number of benzene rings is 1. The van der Waals surface area contributed by atoms with Gasteiger partial charge in [-0.3, -0.25) is 0 Å². The molecule has 0 bridgehead atoms. The Morgan fingerprint density at radius 3 is 2.75 bits per heavy atom. The van der Waals surface area contributed by atoms with Gasteiger partial charge in [-0.1, -0.05) is 37.3 Å². The molecule has 2 fully saturated rings. The minimum Gasteiger partial charge on any atom is -0.374 e. The number of hydrogen-bond donors (Lipinski definition) is 0. The molecule has 1 aromatic rings. The van der Waals surface area contributed by atoms with Crippen LogP contribution in [0.15, 0.2) is 30.3 Å². The smallest absolute Gasteiger partial charge is 0.122 e. The van der Waals surface area contributed by atoms with Gasteiger partial charge in [0, 0.05) is 18.8 Å². The lowest BCUT2D eigenvalue weighted by molar-refractivity contribution is -0.127. The maximum Gasteiger partial charge on any atom is 0.122 e. The first kappa shape index (κ1) is 18.3. The van der Waals surface area contributed by atoms with Crippen molar-refractivity contribution < 1.29 is 14.3 Å². The molecule has 3 nitrogen and oxygen atoms in total. The molecule has 1 spiro atoms. The fourth-order valence-electron chi connectivity index (χ4n) is 3.51. The molecule has 0 saturated carbocycles. The Labute approximate surface area is 153 Å². The highest BCUT2D eigenvalue weighted by Gasteiger charge is 2.48. The molecular weight excluding hydrogens is 340 g/mol. The highest BCUT2D eigenvalue weighted by Crippen LogP contribution is 2.54. The Balaban J connectivity index is 1.60. The Morgan fingerprint density at radius 1 is 1.29 bits per heavy atom.